The van der Waals surface area contributed by atoms with Crippen molar-refractivity contribution < 1.29 is 9.53 Å². The van der Waals surface area contributed by atoms with Crippen molar-refractivity contribution >= 4 is 44.9 Å². The summed E-state index contributed by atoms with van der Waals surface area (Å²) in [6.07, 6.45) is 3.14. The molecule has 0 radical (unpaired) electrons. The molecule has 4 rings (SSSR count). The predicted octanol–water partition coefficient (Wildman–Crippen LogP) is 4.07. The minimum atomic E-state index is -0.0891. The first-order chi connectivity index (χ1) is 16.1. The molecule has 0 saturated heterocycles. The van der Waals surface area contributed by atoms with Crippen molar-refractivity contribution in [3.63, 3.8) is 0 Å². The molecular weight excluding hydrogens is 456 g/mol. The van der Waals surface area contributed by atoms with Crippen molar-refractivity contribution in [2.45, 2.75) is 38.9 Å². The number of ether oxygens (including phenoxy) is 1. The lowest BCUT2D eigenvalue weighted by Crippen LogP contribution is -2.27. The number of thioether (sulfide) groups is 1. The highest BCUT2D eigenvalue weighted by Gasteiger charge is 2.21. The first-order valence-corrected chi connectivity index (χ1v) is 13.4. The van der Waals surface area contributed by atoms with Crippen LogP contribution in [-0.2, 0) is 23.4 Å². The Bertz CT molecular complexity index is 1150. The summed E-state index contributed by atoms with van der Waals surface area (Å²) in [7, 11) is 0. The van der Waals surface area contributed by atoms with E-state index < -0.39 is 0 Å². The van der Waals surface area contributed by atoms with Crippen LogP contribution in [0.2, 0.25) is 0 Å². The van der Waals surface area contributed by atoms with Gasteiger partial charge in [-0.15, -0.1) is 23.1 Å². The van der Waals surface area contributed by atoms with Crippen LogP contribution >= 0.6 is 23.1 Å². The molecule has 33 heavy (non-hydrogen) atoms. The number of hydrogen-bond donors (Lipinski definition) is 2. The van der Waals surface area contributed by atoms with E-state index in [0.29, 0.717) is 18.2 Å². The molecule has 1 aliphatic rings. The number of carbonyl (C=O) groups excluding carboxylic acids is 1. The molecule has 2 N–H and O–H groups in total. The van der Waals surface area contributed by atoms with Crippen molar-refractivity contribution in [1.29, 1.82) is 0 Å². The van der Waals surface area contributed by atoms with E-state index in [4.69, 9.17) is 4.74 Å². The molecule has 0 bridgehead atoms. The van der Waals surface area contributed by atoms with E-state index in [2.05, 4.69) is 34.0 Å². The maximum atomic E-state index is 12.5. The normalized spacial score (nSPS) is 12.9. The van der Waals surface area contributed by atoms with Gasteiger partial charge in [-0.3, -0.25) is 9.59 Å². The molecule has 2 heterocycles. The smallest absolute Gasteiger partial charge is 0.259 e. The summed E-state index contributed by atoms with van der Waals surface area (Å²) >= 11 is 3.07. The molecule has 3 aromatic rings. The predicted molar refractivity (Wildman–Crippen MR) is 137 cm³/mol. The maximum Gasteiger partial charge on any atom is 0.259 e. The number of aromatic nitrogens is 2. The third-order valence-corrected chi connectivity index (χ3v) is 7.93. The molecule has 0 fully saturated rings. The molecule has 0 aliphatic heterocycles. The van der Waals surface area contributed by atoms with E-state index in [1.54, 1.807) is 11.3 Å². The number of carbonyl (C=O) groups is 1. The fourth-order valence-corrected chi connectivity index (χ4v) is 5.99. The Morgan fingerprint density at radius 3 is 2.79 bits per heavy atom. The van der Waals surface area contributed by atoms with E-state index in [-0.39, 0.29) is 17.2 Å². The Morgan fingerprint density at radius 1 is 1.24 bits per heavy atom. The largest absolute Gasteiger partial charge is 0.492 e. The third kappa shape index (κ3) is 5.96. The third-order valence-electron chi connectivity index (χ3n) is 5.80. The van der Waals surface area contributed by atoms with Gasteiger partial charge in [0.25, 0.3) is 5.56 Å². The zero-order chi connectivity index (χ0) is 23.2. The second kappa shape index (κ2) is 11.2. The Morgan fingerprint density at radius 2 is 2.03 bits per heavy atom. The van der Waals surface area contributed by atoms with Crippen LogP contribution in [0, 0.1) is 0 Å². The summed E-state index contributed by atoms with van der Waals surface area (Å²) in [6.45, 7) is 7.84. The Labute approximate surface area is 201 Å². The number of likely N-dealkylation sites (N-methyl/N-ethyl adjacent to an activating group) is 1. The van der Waals surface area contributed by atoms with Gasteiger partial charge in [0.15, 0.2) is 0 Å². The van der Waals surface area contributed by atoms with Crippen LogP contribution in [-0.4, -0.2) is 52.8 Å². The van der Waals surface area contributed by atoms with Gasteiger partial charge in [-0.2, -0.15) is 0 Å². The Kier molecular flexibility index (Phi) is 8.06. The fraction of sp³-hybridized carbons (Fsp3) is 0.458. The lowest BCUT2D eigenvalue weighted by Gasteiger charge is -2.18. The molecule has 7 nitrogen and oxygen atoms in total. The standard InChI is InChI=1S/C24H30N4O3S2/c1-3-28(4-2)12-13-31-17-10-8-16(9-11-17)25-21(29)15-32-14-20-26-23(30)22-18-6-5-7-19(18)33-24(22)27-20/h8-11H,3-7,12-15H2,1-2H3,(H,25,29)(H,26,27,30). The number of aryl methyl sites for hydroxylation is 2. The van der Waals surface area contributed by atoms with E-state index in [9.17, 15) is 9.59 Å². The number of nitrogens with zero attached hydrogens (tertiary/aromatic N) is 2. The zero-order valence-corrected chi connectivity index (χ0v) is 20.7. The van der Waals surface area contributed by atoms with Crippen LogP contribution < -0.4 is 15.6 Å². The van der Waals surface area contributed by atoms with Gasteiger partial charge in [0.2, 0.25) is 5.91 Å². The van der Waals surface area contributed by atoms with Crippen molar-refractivity contribution in [2.75, 3.05) is 37.3 Å². The summed E-state index contributed by atoms with van der Waals surface area (Å²) in [5.74, 6) is 2.09. The fourth-order valence-electron chi connectivity index (χ4n) is 4.02. The van der Waals surface area contributed by atoms with E-state index in [1.807, 2.05) is 24.3 Å². The number of H-pyrrole nitrogens is 1. The van der Waals surface area contributed by atoms with Gasteiger partial charge >= 0.3 is 0 Å². The molecule has 1 aliphatic carbocycles. The molecular formula is C24H30N4O3S2. The number of thiophene rings is 1. The lowest BCUT2D eigenvalue weighted by molar-refractivity contribution is -0.113. The first kappa shape index (κ1) is 23.8. The number of benzene rings is 1. The van der Waals surface area contributed by atoms with Crippen molar-refractivity contribution in [2.24, 2.45) is 0 Å². The monoisotopic (exact) mass is 486 g/mol. The van der Waals surface area contributed by atoms with Crippen molar-refractivity contribution in [1.82, 2.24) is 14.9 Å². The van der Waals surface area contributed by atoms with Gasteiger partial charge in [0.05, 0.1) is 16.9 Å². The highest BCUT2D eigenvalue weighted by Crippen LogP contribution is 2.34. The summed E-state index contributed by atoms with van der Waals surface area (Å²) in [6, 6.07) is 7.43. The lowest BCUT2D eigenvalue weighted by atomic mass is 10.2. The van der Waals surface area contributed by atoms with E-state index in [1.165, 1.54) is 22.2 Å². The van der Waals surface area contributed by atoms with Gasteiger partial charge in [-0.05, 0) is 62.2 Å². The second-order valence-corrected chi connectivity index (χ2v) is 10.1. The Balaban J connectivity index is 1.23. The minimum Gasteiger partial charge on any atom is -0.492 e. The molecule has 2 aromatic heterocycles. The van der Waals surface area contributed by atoms with Gasteiger partial charge in [0.1, 0.15) is 23.0 Å². The topological polar surface area (TPSA) is 87.3 Å². The average Bonchev–Trinajstić information content (AvgIpc) is 3.39. The van der Waals surface area contributed by atoms with Gasteiger partial charge < -0.3 is 19.9 Å². The van der Waals surface area contributed by atoms with Crippen LogP contribution in [0.25, 0.3) is 10.2 Å². The second-order valence-electron chi connectivity index (χ2n) is 7.99. The molecule has 1 amide bonds. The molecule has 176 valence electrons. The number of rotatable bonds is 11. The molecule has 9 heteroatoms. The van der Waals surface area contributed by atoms with Crippen molar-refractivity contribution in [3.05, 3.63) is 50.9 Å². The summed E-state index contributed by atoms with van der Waals surface area (Å²) in [5.41, 5.74) is 1.86. The number of aromatic amines is 1. The molecule has 1 aromatic carbocycles. The summed E-state index contributed by atoms with van der Waals surface area (Å²) in [5, 5.41) is 3.66. The zero-order valence-electron chi connectivity index (χ0n) is 19.1. The van der Waals surface area contributed by atoms with Crippen LogP contribution in [0.1, 0.15) is 36.5 Å². The molecule has 0 spiro atoms. The van der Waals surface area contributed by atoms with Gasteiger partial charge in [-0.1, -0.05) is 13.8 Å². The first-order valence-electron chi connectivity index (χ1n) is 11.4. The SMILES string of the molecule is CCN(CC)CCOc1ccc(NC(=O)CSCc2nc3sc4c(c3c(=O)[nH]2)CCC4)cc1. The number of anilines is 1. The molecule has 0 unspecified atom stereocenters. The number of hydrogen-bond acceptors (Lipinski definition) is 7. The van der Waals surface area contributed by atoms with E-state index in [0.717, 1.165) is 60.6 Å². The number of nitrogens with one attached hydrogen (secondary N) is 2. The van der Waals surface area contributed by atoms with E-state index >= 15 is 0 Å². The molecule has 0 atom stereocenters. The Hall–Kier alpha value is -2.36. The van der Waals surface area contributed by atoms with Crippen molar-refractivity contribution in [3.8, 4) is 5.75 Å². The van der Waals surface area contributed by atoms with Crippen LogP contribution in [0.3, 0.4) is 0 Å². The quantitative estimate of drug-likeness (QED) is 0.425. The highest BCUT2D eigenvalue weighted by molar-refractivity contribution is 7.99. The van der Waals surface area contributed by atoms with Gasteiger partial charge in [-0.25, -0.2) is 4.98 Å². The maximum absolute atomic E-state index is 12.5. The summed E-state index contributed by atoms with van der Waals surface area (Å²) < 4.78 is 5.78. The van der Waals surface area contributed by atoms with Gasteiger partial charge in [0, 0.05) is 17.1 Å². The molecule has 0 saturated carbocycles. The number of fused-ring (bicyclic) bond motifs is 3. The number of amides is 1. The summed E-state index contributed by atoms with van der Waals surface area (Å²) in [4.78, 5) is 36.8. The average molecular weight is 487 g/mol. The van der Waals surface area contributed by atoms with Crippen LogP contribution in [0.4, 0.5) is 5.69 Å². The minimum absolute atomic E-state index is 0.0566. The van der Waals surface area contributed by atoms with Crippen LogP contribution in [0.5, 0.6) is 5.75 Å². The van der Waals surface area contributed by atoms with Crippen LogP contribution in [0.15, 0.2) is 29.1 Å². The highest BCUT2D eigenvalue weighted by atomic mass is 32.2.